The van der Waals surface area contributed by atoms with Crippen LogP contribution in [0.15, 0.2) is 0 Å². The van der Waals surface area contributed by atoms with Crippen molar-refractivity contribution < 1.29 is 10.6 Å². The quantitative estimate of drug-likeness (QED) is 0.537. The highest BCUT2D eigenvalue weighted by Crippen LogP contribution is 1.87. The van der Waals surface area contributed by atoms with Crippen molar-refractivity contribution in [3.05, 3.63) is 0 Å². The first kappa shape index (κ1) is 11.9. The van der Waals surface area contributed by atoms with Gasteiger partial charge in [-0.1, -0.05) is 6.92 Å². The lowest BCUT2D eigenvalue weighted by Crippen LogP contribution is -3.01. The second-order valence-corrected chi connectivity index (χ2v) is 4.77. The SMILES string of the molecule is CC[C@@H](C)[NH2+]CC[NH2+]C(C)(C)C. The van der Waals surface area contributed by atoms with E-state index in [9.17, 15) is 0 Å². The summed E-state index contributed by atoms with van der Waals surface area (Å²) in [5.41, 5.74) is 0.392. The van der Waals surface area contributed by atoms with Crippen LogP contribution >= 0.6 is 0 Å². The molecule has 0 aromatic heterocycles. The summed E-state index contributed by atoms with van der Waals surface area (Å²) in [5, 5.41) is 4.84. The van der Waals surface area contributed by atoms with E-state index >= 15 is 0 Å². The fourth-order valence-electron chi connectivity index (χ4n) is 1.06. The van der Waals surface area contributed by atoms with E-state index in [1.165, 1.54) is 19.5 Å². The Bertz CT molecular complexity index is 105. The van der Waals surface area contributed by atoms with Gasteiger partial charge in [-0.3, -0.25) is 0 Å². The van der Waals surface area contributed by atoms with Crippen molar-refractivity contribution >= 4 is 0 Å². The predicted octanol–water partition coefficient (Wildman–Crippen LogP) is -0.290. The fraction of sp³-hybridized carbons (Fsp3) is 1.00. The maximum atomic E-state index is 2.43. The molecule has 2 heteroatoms. The van der Waals surface area contributed by atoms with Crippen molar-refractivity contribution in [3.8, 4) is 0 Å². The molecule has 0 rings (SSSR count). The first-order valence-electron chi connectivity index (χ1n) is 5.13. The van der Waals surface area contributed by atoms with E-state index in [2.05, 4.69) is 45.3 Å². The molecule has 0 aromatic carbocycles. The van der Waals surface area contributed by atoms with Gasteiger partial charge >= 0.3 is 0 Å². The van der Waals surface area contributed by atoms with Crippen LogP contribution in [0.4, 0.5) is 0 Å². The van der Waals surface area contributed by atoms with Crippen LogP contribution in [0.2, 0.25) is 0 Å². The molecule has 1 atom stereocenters. The molecule has 0 amide bonds. The lowest BCUT2D eigenvalue weighted by atomic mass is 10.1. The zero-order valence-corrected chi connectivity index (χ0v) is 9.35. The molecule has 74 valence electrons. The molecular weight excluding hydrogens is 148 g/mol. The van der Waals surface area contributed by atoms with Gasteiger partial charge in [-0.15, -0.1) is 0 Å². The number of nitrogens with two attached hydrogens (primary N) is 2. The van der Waals surface area contributed by atoms with E-state index < -0.39 is 0 Å². The monoisotopic (exact) mass is 174 g/mol. The van der Waals surface area contributed by atoms with E-state index in [0.29, 0.717) is 5.54 Å². The molecule has 2 nitrogen and oxygen atoms in total. The largest absolute Gasteiger partial charge is 0.339 e. The molecule has 4 N–H and O–H groups in total. The Morgan fingerprint density at radius 3 is 2.17 bits per heavy atom. The maximum absolute atomic E-state index is 2.43. The summed E-state index contributed by atoms with van der Waals surface area (Å²) in [6.45, 7) is 13.8. The van der Waals surface area contributed by atoms with Gasteiger partial charge in [0.25, 0.3) is 0 Å². The van der Waals surface area contributed by atoms with Crippen LogP contribution in [0.1, 0.15) is 41.0 Å². The number of rotatable bonds is 5. The maximum Gasteiger partial charge on any atom is 0.126 e. The summed E-state index contributed by atoms with van der Waals surface area (Å²) in [6.07, 6.45) is 1.27. The molecule has 0 fully saturated rings. The van der Waals surface area contributed by atoms with Gasteiger partial charge in [0.1, 0.15) is 13.1 Å². The standard InChI is InChI=1S/C10H24N2/c1-6-9(2)11-7-8-12-10(3,4)5/h9,11-12H,6-8H2,1-5H3/p+2/t9-/m1/s1. The van der Waals surface area contributed by atoms with Crippen molar-refractivity contribution in [1.82, 2.24) is 0 Å². The Hall–Kier alpha value is -0.0800. The predicted molar refractivity (Wildman–Crippen MR) is 53.1 cm³/mol. The molecule has 0 radical (unpaired) electrons. The highest BCUT2D eigenvalue weighted by atomic mass is 15.0. The lowest BCUT2D eigenvalue weighted by molar-refractivity contribution is -0.767. The molecule has 0 heterocycles. The van der Waals surface area contributed by atoms with Crippen LogP contribution in [0.3, 0.4) is 0 Å². The van der Waals surface area contributed by atoms with E-state index in [1.807, 2.05) is 0 Å². The Labute approximate surface area is 77.1 Å². The van der Waals surface area contributed by atoms with Gasteiger partial charge in [-0.2, -0.15) is 0 Å². The third kappa shape index (κ3) is 8.02. The van der Waals surface area contributed by atoms with Crippen molar-refractivity contribution in [2.45, 2.75) is 52.6 Å². The zero-order chi connectivity index (χ0) is 9.61. The van der Waals surface area contributed by atoms with Crippen molar-refractivity contribution in [1.29, 1.82) is 0 Å². The minimum Gasteiger partial charge on any atom is -0.339 e. The Morgan fingerprint density at radius 2 is 1.75 bits per heavy atom. The normalized spacial score (nSPS) is 14.8. The molecule has 0 saturated heterocycles. The summed E-state index contributed by atoms with van der Waals surface area (Å²) in [4.78, 5) is 0. The molecular formula is C10H26N2+2. The third-order valence-corrected chi connectivity index (χ3v) is 2.14. The van der Waals surface area contributed by atoms with Gasteiger partial charge in [0.15, 0.2) is 0 Å². The van der Waals surface area contributed by atoms with E-state index in [4.69, 9.17) is 0 Å². The summed E-state index contributed by atoms with van der Waals surface area (Å²) >= 11 is 0. The summed E-state index contributed by atoms with van der Waals surface area (Å²) in [6, 6.07) is 0.790. The lowest BCUT2D eigenvalue weighted by Gasteiger charge is -2.16. The minimum absolute atomic E-state index is 0.392. The smallest absolute Gasteiger partial charge is 0.126 e. The summed E-state index contributed by atoms with van der Waals surface area (Å²) in [7, 11) is 0. The summed E-state index contributed by atoms with van der Waals surface area (Å²) in [5.74, 6) is 0. The highest BCUT2D eigenvalue weighted by Gasteiger charge is 2.12. The van der Waals surface area contributed by atoms with Crippen LogP contribution in [0.5, 0.6) is 0 Å². The van der Waals surface area contributed by atoms with Crippen LogP contribution in [0, 0.1) is 0 Å². The zero-order valence-electron chi connectivity index (χ0n) is 9.35. The first-order valence-corrected chi connectivity index (χ1v) is 5.13. The van der Waals surface area contributed by atoms with Crippen LogP contribution in [0.25, 0.3) is 0 Å². The topological polar surface area (TPSA) is 33.2 Å². The fourth-order valence-corrected chi connectivity index (χ4v) is 1.06. The number of hydrogen-bond donors (Lipinski definition) is 2. The number of quaternary nitrogens is 2. The molecule has 12 heavy (non-hydrogen) atoms. The molecule has 0 bridgehead atoms. The van der Waals surface area contributed by atoms with Gasteiger partial charge in [-0.25, -0.2) is 0 Å². The molecule has 0 spiro atoms. The Morgan fingerprint density at radius 1 is 1.17 bits per heavy atom. The Kier molecular flexibility index (Phi) is 5.51. The minimum atomic E-state index is 0.392. The van der Waals surface area contributed by atoms with Crippen LogP contribution in [-0.4, -0.2) is 24.7 Å². The van der Waals surface area contributed by atoms with E-state index in [1.54, 1.807) is 0 Å². The average molecular weight is 174 g/mol. The van der Waals surface area contributed by atoms with Gasteiger partial charge in [0.2, 0.25) is 0 Å². The first-order chi connectivity index (χ1) is 5.45. The molecule has 0 aromatic rings. The number of hydrogen-bond acceptors (Lipinski definition) is 0. The highest BCUT2D eigenvalue weighted by molar-refractivity contribution is 4.51. The van der Waals surface area contributed by atoms with E-state index in [-0.39, 0.29) is 0 Å². The molecule has 0 aliphatic heterocycles. The average Bonchev–Trinajstić information content (AvgIpc) is 1.96. The van der Waals surface area contributed by atoms with E-state index in [0.717, 1.165) is 6.04 Å². The second kappa shape index (κ2) is 5.55. The van der Waals surface area contributed by atoms with Gasteiger partial charge < -0.3 is 10.6 Å². The molecule has 0 aliphatic carbocycles. The molecule has 0 saturated carbocycles. The second-order valence-electron chi connectivity index (χ2n) is 4.77. The van der Waals surface area contributed by atoms with Crippen LogP contribution in [-0.2, 0) is 0 Å². The summed E-state index contributed by atoms with van der Waals surface area (Å²) < 4.78 is 0. The van der Waals surface area contributed by atoms with Gasteiger partial charge in [-0.05, 0) is 34.1 Å². The van der Waals surface area contributed by atoms with Crippen molar-refractivity contribution in [2.75, 3.05) is 13.1 Å². The third-order valence-electron chi connectivity index (χ3n) is 2.14. The molecule has 0 unspecified atom stereocenters. The van der Waals surface area contributed by atoms with Gasteiger partial charge in [0, 0.05) is 0 Å². The van der Waals surface area contributed by atoms with Crippen molar-refractivity contribution in [2.24, 2.45) is 0 Å². The van der Waals surface area contributed by atoms with Crippen LogP contribution < -0.4 is 10.6 Å². The Balaban J connectivity index is 3.22. The van der Waals surface area contributed by atoms with Gasteiger partial charge in [0.05, 0.1) is 11.6 Å². The molecule has 0 aliphatic rings. The van der Waals surface area contributed by atoms with Crippen molar-refractivity contribution in [3.63, 3.8) is 0 Å².